The first-order valence-electron chi connectivity index (χ1n) is 4.78. The summed E-state index contributed by atoms with van der Waals surface area (Å²) in [5.41, 5.74) is 1.21. The molecule has 1 fully saturated rings. The third kappa shape index (κ3) is 1.45. The minimum absolute atomic E-state index is 0.134. The molecule has 1 atom stereocenters. The number of aromatic hydroxyl groups is 1. The molecule has 0 unspecified atom stereocenters. The lowest BCUT2D eigenvalue weighted by Gasteiger charge is -2.12. The zero-order chi connectivity index (χ0) is 9.97. The summed E-state index contributed by atoms with van der Waals surface area (Å²) in [4.78, 5) is 0. The fraction of sp³-hybridized carbons (Fsp3) is 0.364. The van der Waals surface area contributed by atoms with Crippen LogP contribution in [0.25, 0.3) is 0 Å². The molecule has 2 rings (SSSR count). The van der Waals surface area contributed by atoms with E-state index in [-0.39, 0.29) is 11.8 Å². The largest absolute Gasteiger partial charge is 0.506 e. The van der Waals surface area contributed by atoms with E-state index >= 15 is 0 Å². The molecule has 14 heavy (non-hydrogen) atoms. The van der Waals surface area contributed by atoms with Crippen LogP contribution in [0.3, 0.4) is 0 Å². The quantitative estimate of drug-likeness (QED) is 0.705. The Balaban J connectivity index is 2.38. The van der Waals surface area contributed by atoms with Gasteiger partial charge in [0.25, 0.3) is 0 Å². The van der Waals surface area contributed by atoms with E-state index in [1.54, 1.807) is 6.07 Å². The van der Waals surface area contributed by atoms with Crippen LogP contribution in [-0.4, -0.2) is 11.7 Å². The molecule has 0 aliphatic carbocycles. The van der Waals surface area contributed by atoms with Gasteiger partial charge in [0.15, 0.2) is 0 Å². The highest BCUT2D eigenvalue weighted by Gasteiger charge is 2.20. The molecule has 1 saturated heterocycles. The molecule has 0 spiro atoms. The number of nitriles is 1. The molecule has 1 aliphatic rings. The lowest BCUT2D eigenvalue weighted by molar-refractivity contribution is 0.455. The van der Waals surface area contributed by atoms with E-state index in [1.165, 1.54) is 0 Å². The van der Waals surface area contributed by atoms with Crippen molar-refractivity contribution < 1.29 is 5.11 Å². The van der Waals surface area contributed by atoms with Crippen molar-refractivity contribution in [2.75, 3.05) is 6.54 Å². The maximum absolute atomic E-state index is 9.79. The summed E-state index contributed by atoms with van der Waals surface area (Å²) in [5.74, 6) is 0.134. The van der Waals surface area contributed by atoms with Crippen LogP contribution in [-0.2, 0) is 0 Å². The second-order valence-corrected chi connectivity index (χ2v) is 3.50. The Morgan fingerprint density at radius 2 is 2.36 bits per heavy atom. The zero-order valence-electron chi connectivity index (χ0n) is 7.83. The summed E-state index contributed by atoms with van der Waals surface area (Å²) < 4.78 is 0. The SMILES string of the molecule is N#Cc1cccc([C@H]2CCCN2)c1O. The van der Waals surface area contributed by atoms with E-state index in [2.05, 4.69) is 5.32 Å². The van der Waals surface area contributed by atoms with Crippen molar-refractivity contribution in [1.82, 2.24) is 5.32 Å². The first-order valence-corrected chi connectivity index (χ1v) is 4.78. The van der Waals surface area contributed by atoms with Crippen LogP contribution in [0.5, 0.6) is 5.75 Å². The number of hydrogen-bond acceptors (Lipinski definition) is 3. The van der Waals surface area contributed by atoms with Crippen LogP contribution < -0.4 is 5.32 Å². The molecular weight excluding hydrogens is 176 g/mol. The van der Waals surface area contributed by atoms with Gasteiger partial charge in [-0.2, -0.15) is 5.26 Å². The van der Waals surface area contributed by atoms with Crippen molar-refractivity contribution >= 4 is 0 Å². The highest BCUT2D eigenvalue weighted by Crippen LogP contribution is 2.31. The van der Waals surface area contributed by atoms with Gasteiger partial charge >= 0.3 is 0 Å². The van der Waals surface area contributed by atoms with E-state index in [0.29, 0.717) is 5.56 Å². The number of rotatable bonds is 1. The van der Waals surface area contributed by atoms with Gasteiger partial charge in [-0.1, -0.05) is 12.1 Å². The molecule has 72 valence electrons. The molecule has 3 heteroatoms. The number of para-hydroxylation sites is 1. The smallest absolute Gasteiger partial charge is 0.138 e. The number of benzene rings is 1. The molecule has 1 aromatic carbocycles. The maximum atomic E-state index is 9.79. The number of nitrogens with one attached hydrogen (secondary N) is 1. The van der Waals surface area contributed by atoms with Crippen molar-refractivity contribution in [1.29, 1.82) is 5.26 Å². The van der Waals surface area contributed by atoms with Gasteiger partial charge in [-0.3, -0.25) is 0 Å². The first-order chi connectivity index (χ1) is 6.83. The Morgan fingerprint density at radius 1 is 1.50 bits per heavy atom. The van der Waals surface area contributed by atoms with E-state index in [0.717, 1.165) is 24.9 Å². The molecule has 0 amide bonds. The lowest BCUT2D eigenvalue weighted by Crippen LogP contribution is -2.13. The summed E-state index contributed by atoms with van der Waals surface area (Å²) in [7, 11) is 0. The summed E-state index contributed by atoms with van der Waals surface area (Å²) in [6, 6.07) is 7.51. The van der Waals surface area contributed by atoms with E-state index in [1.807, 2.05) is 18.2 Å². The van der Waals surface area contributed by atoms with Crippen molar-refractivity contribution in [2.45, 2.75) is 18.9 Å². The number of phenolic OH excluding ortho intramolecular Hbond substituents is 1. The molecule has 1 aliphatic heterocycles. The van der Waals surface area contributed by atoms with Gasteiger partial charge in [-0.25, -0.2) is 0 Å². The predicted octanol–water partition coefficient (Wildman–Crippen LogP) is 1.69. The number of hydrogen-bond donors (Lipinski definition) is 2. The molecule has 1 heterocycles. The molecule has 0 radical (unpaired) electrons. The standard InChI is InChI=1S/C11H12N2O/c12-7-8-3-1-4-9(11(8)14)10-5-2-6-13-10/h1,3-4,10,13-14H,2,5-6H2/t10-/m1/s1. The average molecular weight is 188 g/mol. The zero-order valence-corrected chi connectivity index (χ0v) is 7.83. The Bertz CT molecular complexity index is 375. The van der Waals surface area contributed by atoms with Gasteiger partial charge in [0, 0.05) is 11.6 Å². The Labute approximate surface area is 83.0 Å². The molecule has 0 saturated carbocycles. The van der Waals surface area contributed by atoms with Crippen LogP contribution in [0.4, 0.5) is 0 Å². The monoisotopic (exact) mass is 188 g/mol. The van der Waals surface area contributed by atoms with Gasteiger partial charge in [0.2, 0.25) is 0 Å². The van der Waals surface area contributed by atoms with Gasteiger partial charge < -0.3 is 10.4 Å². The van der Waals surface area contributed by atoms with Gasteiger partial charge in [-0.05, 0) is 25.5 Å². The Kier molecular flexibility index (Phi) is 2.38. The summed E-state index contributed by atoms with van der Waals surface area (Å²) >= 11 is 0. The molecule has 0 aromatic heterocycles. The predicted molar refractivity (Wildman–Crippen MR) is 52.8 cm³/mol. The number of nitrogens with zero attached hydrogens (tertiary/aromatic N) is 1. The molecule has 3 nitrogen and oxygen atoms in total. The van der Waals surface area contributed by atoms with Crippen LogP contribution in [0.2, 0.25) is 0 Å². The number of phenols is 1. The first kappa shape index (κ1) is 9.04. The van der Waals surface area contributed by atoms with E-state index < -0.39 is 0 Å². The fourth-order valence-electron chi connectivity index (χ4n) is 1.88. The van der Waals surface area contributed by atoms with Crippen LogP contribution in [0.1, 0.15) is 30.0 Å². The van der Waals surface area contributed by atoms with Crippen LogP contribution in [0, 0.1) is 11.3 Å². The Morgan fingerprint density at radius 3 is 3.00 bits per heavy atom. The van der Waals surface area contributed by atoms with E-state index in [9.17, 15) is 5.11 Å². The van der Waals surface area contributed by atoms with Crippen molar-refractivity contribution in [3.8, 4) is 11.8 Å². The van der Waals surface area contributed by atoms with Gasteiger partial charge in [0.1, 0.15) is 11.8 Å². The molecule has 0 bridgehead atoms. The molecule has 2 N–H and O–H groups in total. The second kappa shape index (κ2) is 3.69. The van der Waals surface area contributed by atoms with Crippen molar-refractivity contribution in [2.24, 2.45) is 0 Å². The molecular formula is C11H12N2O. The Hall–Kier alpha value is -1.53. The minimum atomic E-state index is 0.134. The summed E-state index contributed by atoms with van der Waals surface area (Å²) in [6.45, 7) is 0.987. The average Bonchev–Trinajstić information content (AvgIpc) is 2.71. The topological polar surface area (TPSA) is 56.0 Å². The third-order valence-electron chi connectivity index (χ3n) is 2.62. The minimum Gasteiger partial charge on any atom is -0.506 e. The summed E-state index contributed by atoms with van der Waals surface area (Å²) in [6.07, 6.45) is 2.16. The van der Waals surface area contributed by atoms with Crippen molar-refractivity contribution in [3.63, 3.8) is 0 Å². The summed E-state index contributed by atoms with van der Waals surface area (Å²) in [5, 5.41) is 21.8. The fourth-order valence-corrected chi connectivity index (χ4v) is 1.88. The van der Waals surface area contributed by atoms with Crippen LogP contribution in [0.15, 0.2) is 18.2 Å². The highest BCUT2D eigenvalue weighted by atomic mass is 16.3. The van der Waals surface area contributed by atoms with Crippen molar-refractivity contribution in [3.05, 3.63) is 29.3 Å². The maximum Gasteiger partial charge on any atom is 0.138 e. The second-order valence-electron chi connectivity index (χ2n) is 3.50. The van der Waals surface area contributed by atoms with E-state index in [4.69, 9.17) is 5.26 Å². The third-order valence-corrected chi connectivity index (χ3v) is 2.62. The van der Waals surface area contributed by atoms with Gasteiger partial charge in [-0.15, -0.1) is 0 Å². The van der Waals surface area contributed by atoms with Gasteiger partial charge in [0.05, 0.1) is 5.56 Å². The normalized spacial score (nSPS) is 20.6. The molecule has 1 aromatic rings. The lowest BCUT2D eigenvalue weighted by atomic mass is 10.0. The highest BCUT2D eigenvalue weighted by molar-refractivity contribution is 5.48. The van der Waals surface area contributed by atoms with Crippen LogP contribution >= 0.6 is 0 Å².